The maximum absolute atomic E-state index is 12.9. The number of nitrogens with two attached hydrogens (primary N) is 1. The molecule has 4 aliphatic rings. The van der Waals surface area contributed by atoms with Crippen molar-refractivity contribution in [1.82, 2.24) is 40.0 Å². The Hall–Kier alpha value is -3.74. The molecule has 0 unspecified atom stereocenters. The Morgan fingerprint density at radius 2 is 0.719 bits per heavy atom. The maximum Gasteiger partial charge on any atom is 0.306 e. The number of aryl methyl sites for hydroxylation is 1. The molecular formula is C111H210BrN9O7. The number of piperidine rings is 4. The fourth-order valence-electron chi connectivity index (χ4n) is 18.7. The Kier molecular flexibility index (Phi) is 85.8. The standard InChI is InChI=1S/C40H66N6O2.C23H45NO.C22H43NO2.C16H33Br.C7H13NO.C2H6O.CH4/c1-3-5-7-8-9-10-11-12-13-14-15-16-17-21-29-45-30-26-33(27-31-45)40(47)42-28-20-22-32-48-46-36(25-6-4-2)44-37-38(46)34-23-18-19-24-35(34)43-39(37)41;1-3-4-5-6-7-8-9-10-11-12-13-14-15-16-19-24-20-17-23(18-21-24)22(2)25;1-2-3-4-5-6-7-8-9-10-11-12-13-14-15-18-23-19-16-21(17-20-23)22(24)25;1-2-3-4-5-6-7-8-9-10-11-12-13-14-15-16-17;1-6(9)7-2-4-8-5-3-7;1-2-3;/h18-19,23-24,33H,3-17,20-22,25-32H2,1-2H3,(H2,41,43)(H,42,47);23H,3-21H2,1-2H3;21H,2-20H2,1H3,(H,24,25);2-16H2,1H3;7-8H,2-5H2,1H3;3H,2H2,1H3;1H4. The molecule has 6 N–H and O–H groups in total. The number of fused-ring (bicyclic) bond motifs is 3. The fourth-order valence-corrected chi connectivity index (χ4v) is 19.1. The van der Waals surface area contributed by atoms with Crippen LogP contribution in [-0.2, 0) is 25.6 Å². The van der Waals surface area contributed by atoms with Gasteiger partial charge in [0, 0.05) is 48.0 Å². The number of nitrogen functional groups attached to an aromatic ring is 1. The third kappa shape index (κ3) is 66.6. The number of aliphatic hydroxyl groups is 1. The Balaban J connectivity index is 0.000000870. The van der Waals surface area contributed by atoms with Crippen LogP contribution in [0.4, 0.5) is 5.82 Å². The lowest BCUT2D eigenvalue weighted by molar-refractivity contribution is -0.143. The highest BCUT2D eigenvalue weighted by Gasteiger charge is 2.27. The highest BCUT2D eigenvalue weighted by molar-refractivity contribution is 9.09. The number of aliphatic hydroxyl groups excluding tert-OH is 1. The molecule has 6 heterocycles. The fraction of sp³-hybridized carbons (Fsp3) is 0.874. The minimum Gasteiger partial charge on any atom is -0.481 e. The number of unbranched alkanes of at least 4 members (excludes halogenated alkanes) is 54. The molecule has 4 aliphatic heterocycles. The lowest BCUT2D eigenvalue weighted by Gasteiger charge is -2.31. The molecule has 16 nitrogen and oxygen atoms in total. The molecule has 1 aromatic carbocycles. The van der Waals surface area contributed by atoms with Crippen LogP contribution in [0.2, 0.25) is 0 Å². The molecule has 0 bridgehead atoms. The van der Waals surface area contributed by atoms with Crippen LogP contribution in [-0.4, -0.2) is 160 Å². The van der Waals surface area contributed by atoms with Gasteiger partial charge < -0.3 is 46.1 Å². The molecule has 748 valence electrons. The van der Waals surface area contributed by atoms with Gasteiger partial charge in [0.1, 0.15) is 35.0 Å². The van der Waals surface area contributed by atoms with E-state index in [1.54, 1.807) is 20.8 Å². The predicted molar refractivity (Wildman–Crippen MR) is 558 cm³/mol. The Morgan fingerprint density at radius 3 is 1.04 bits per heavy atom. The van der Waals surface area contributed by atoms with Crippen molar-refractivity contribution >= 4 is 67.1 Å². The van der Waals surface area contributed by atoms with Gasteiger partial charge in [-0.1, -0.05) is 416 Å². The summed E-state index contributed by atoms with van der Waals surface area (Å²) in [7, 11) is 0. The average Bonchev–Trinajstić information content (AvgIpc) is 1.60. The molecule has 4 saturated heterocycles. The molecule has 7 rings (SSSR count). The van der Waals surface area contributed by atoms with Crippen molar-refractivity contribution < 1.29 is 34.2 Å². The summed E-state index contributed by atoms with van der Waals surface area (Å²) in [6, 6.07) is 8.01. The van der Waals surface area contributed by atoms with Crippen LogP contribution in [0.3, 0.4) is 0 Å². The van der Waals surface area contributed by atoms with E-state index in [-0.39, 0.29) is 31.8 Å². The number of imidazole rings is 1. The van der Waals surface area contributed by atoms with Gasteiger partial charge in [0.05, 0.1) is 11.4 Å². The van der Waals surface area contributed by atoms with Gasteiger partial charge in [-0.3, -0.25) is 19.2 Å². The first-order valence-corrected chi connectivity index (χ1v) is 56.1. The van der Waals surface area contributed by atoms with Crippen LogP contribution in [0.15, 0.2) is 24.3 Å². The van der Waals surface area contributed by atoms with Crippen LogP contribution in [0, 0.1) is 23.7 Å². The van der Waals surface area contributed by atoms with E-state index in [0.717, 1.165) is 158 Å². The number of carboxylic acid groups (broad SMARTS) is 1. The van der Waals surface area contributed by atoms with E-state index in [1.807, 2.05) is 22.9 Å². The van der Waals surface area contributed by atoms with Gasteiger partial charge in [0.2, 0.25) is 5.91 Å². The quantitative estimate of drug-likeness (QED) is 0.0263. The highest BCUT2D eigenvalue weighted by Crippen LogP contribution is 2.30. The molecule has 0 spiro atoms. The maximum atomic E-state index is 12.9. The minimum atomic E-state index is -0.601. The average molecular weight is 1860 g/mol. The number of anilines is 1. The number of Topliss-reactive ketones (excluding diaryl/α,β-unsaturated/α-hetero) is 2. The molecular weight excluding hydrogens is 1650 g/mol. The molecule has 1 amide bonds. The number of alkyl halides is 1. The number of ketones is 2. The van der Waals surface area contributed by atoms with Crippen molar-refractivity contribution in [2.24, 2.45) is 23.7 Å². The predicted octanol–water partition coefficient (Wildman–Crippen LogP) is 30.1. The van der Waals surface area contributed by atoms with Crippen molar-refractivity contribution in [3.8, 4) is 0 Å². The molecule has 0 saturated carbocycles. The number of carbonyl (C=O) groups excluding carboxylic acids is 3. The summed E-state index contributed by atoms with van der Waals surface area (Å²) >= 11 is 3.48. The summed E-state index contributed by atoms with van der Waals surface area (Å²) in [4.78, 5) is 69.3. The number of rotatable bonds is 72. The van der Waals surface area contributed by atoms with E-state index in [0.29, 0.717) is 47.9 Å². The number of benzene rings is 1. The van der Waals surface area contributed by atoms with Crippen LogP contribution in [0.5, 0.6) is 0 Å². The number of aliphatic carboxylic acids is 1. The number of halogens is 1. The number of hydrogen-bond acceptors (Lipinski definition) is 13. The monoisotopic (exact) mass is 1860 g/mol. The molecule has 0 atom stereocenters. The molecule has 2 aromatic heterocycles. The smallest absolute Gasteiger partial charge is 0.306 e. The normalized spacial score (nSPS) is 14.9. The second-order valence-corrected chi connectivity index (χ2v) is 39.6. The van der Waals surface area contributed by atoms with Crippen molar-refractivity contribution in [1.29, 1.82) is 0 Å². The molecule has 3 aromatic rings. The zero-order valence-electron chi connectivity index (χ0n) is 84.6. The second kappa shape index (κ2) is 89.8. The zero-order chi connectivity index (χ0) is 92.2. The number of amides is 1. The van der Waals surface area contributed by atoms with Crippen molar-refractivity contribution in [3.63, 3.8) is 0 Å². The Labute approximate surface area is 798 Å². The summed E-state index contributed by atoms with van der Waals surface area (Å²) in [5.74, 6) is 2.48. The largest absolute Gasteiger partial charge is 0.481 e. The SMILES string of the molecule is C.CC(=O)C1CCNCC1.CCCCCCCCCCCCCCCCBr.CCCCCCCCCCCCCCCCN1CCC(C(=O)NCCCCOn2c(CCCC)nc3c(N)nc4ccccc4c32)CC1.CCCCCCCCCCCCCCCCN1CCC(C(=O)O)CC1.CCCCCCCCCCCCCCCCN1CCC(C(C)=O)CC1.CCO. The highest BCUT2D eigenvalue weighted by atomic mass is 79.9. The number of pyridine rings is 1. The van der Waals surface area contributed by atoms with Gasteiger partial charge in [-0.25, -0.2) is 9.97 Å². The van der Waals surface area contributed by atoms with Gasteiger partial charge in [-0.2, -0.15) is 4.73 Å². The molecule has 17 heteroatoms. The van der Waals surface area contributed by atoms with Crippen LogP contribution in [0.25, 0.3) is 21.9 Å². The minimum absolute atomic E-state index is 0. The topological polar surface area (TPSA) is 208 Å². The van der Waals surface area contributed by atoms with E-state index in [1.165, 1.54) is 385 Å². The number of hydrogen-bond donors (Lipinski definition) is 5. The van der Waals surface area contributed by atoms with Gasteiger partial charge >= 0.3 is 5.97 Å². The third-order valence-electron chi connectivity index (χ3n) is 27.3. The molecule has 4 fully saturated rings. The van der Waals surface area contributed by atoms with E-state index in [9.17, 15) is 19.2 Å². The van der Waals surface area contributed by atoms with Crippen molar-refractivity contribution in [2.75, 3.05) is 103 Å². The Bertz CT molecular complexity index is 2870. The summed E-state index contributed by atoms with van der Waals surface area (Å²) < 4.78 is 1.89. The number of likely N-dealkylation sites (tertiary alicyclic amines) is 3. The summed E-state index contributed by atoms with van der Waals surface area (Å²) in [6.07, 6.45) is 92.2. The second-order valence-electron chi connectivity index (χ2n) is 38.8. The lowest BCUT2D eigenvalue weighted by atomic mass is 9.93. The van der Waals surface area contributed by atoms with Crippen molar-refractivity contribution in [3.05, 3.63) is 30.1 Å². The summed E-state index contributed by atoms with van der Waals surface area (Å²) in [5, 5.41) is 25.2. The molecule has 128 heavy (non-hydrogen) atoms. The molecule has 0 aliphatic carbocycles. The first-order chi connectivity index (χ1) is 62.2. The van der Waals surface area contributed by atoms with E-state index >= 15 is 0 Å². The third-order valence-corrected chi connectivity index (χ3v) is 27.9. The first-order valence-electron chi connectivity index (χ1n) is 55.0. The van der Waals surface area contributed by atoms with E-state index < -0.39 is 5.97 Å². The van der Waals surface area contributed by atoms with Gasteiger partial charge in [-0.05, 0) is 195 Å². The van der Waals surface area contributed by atoms with Crippen molar-refractivity contribution in [2.45, 2.75) is 506 Å². The van der Waals surface area contributed by atoms with Gasteiger partial charge in [0.25, 0.3) is 0 Å². The molecule has 0 radical (unpaired) electrons. The zero-order valence-corrected chi connectivity index (χ0v) is 86.2. The summed E-state index contributed by atoms with van der Waals surface area (Å²) in [6.45, 7) is 30.0. The Morgan fingerprint density at radius 1 is 0.414 bits per heavy atom. The van der Waals surface area contributed by atoms with Gasteiger partial charge in [0.15, 0.2) is 5.82 Å². The number of carboxylic acids is 1. The lowest BCUT2D eigenvalue weighted by Crippen LogP contribution is -2.41. The van der Waals surface area contributed by atoms with Crippen LogP contribution >= 0.6 is 15.9 Å². The number of para-hydroxylation sites is 1. The number of aromatic nitrogens is 3. The summed E-state index contributed by atoms with van der Waals surface area (Å²) in [5.41, 5.74) is 8.75. The van der Waals surface area contributed by atoms with Crippen LogP contribution < -0.4 is 21.2 Å². The van der Waals surface area contributed by atoms with Crippen LogP contribution in [0.1, 0.15) is 505 Å². The van der Waals surface area contributed by atoms with Gasteiger partial charge in [-0.15, -0.1) is 0 Å². The number of nitrogens with zero attached hydrogens (tertiary/aromatic N) is 6. The number of carbonyl (C=O) groups is 4. The number of nitrogens with one attached hydrogen (secondary N) is 2. The first kappa shape index (κ1) is 122. The van der Waals surface area contributed by atoms with E-state index in [4.69, 9.17) is 25.8 Å². The van der Waals surface area contributed by atoms with E-state index in [2.05, 4.69) is 86.9 Å².